The van der Waals surface area contributed by atoms with Crippen LogP contribution in [-0.4, -0.2) is 53.1 Å². The van der Waals surface area contributed by atoms with Crippen molar-refractivity contribution < 1.29 is 28.5 Å². The summed E-state index contributed by atoms with van der Waals surface area (Å²) in [7, 11) is 2.84. The molecule has 0 saturated heterocycles. The topological polar surface area (TPSA) is 95.1 Å². The summed E-state index contributed by atoms with van der Waals surface area (Å²) in [5.41, 5.74) is 0. The number of ether oxygens (including phenoxy) is 4. The predicted octanol–water partition coefficient (Wildman–Crippen LogP) is 0.0367. The number of nitrogens with one attached hydrogen (secondary N) is 2. The van der Waals surface area contributed by atoms with Gasteiger partial charge in [0.1, 0.15) is 0 Å². The molecule has 0 rings (SSSR count). The van der Waals surface area contributed by atoms with Gasteiger partial charge in [0.25, 0.3) is 0 Å². The highest BCUT2D eigenvalue weighted by atomic mass is 16.7. The summed E-state index contributed by atoms with van der Waals surface area (Å²) < 4.78 is 18.2. The van der Waals surface area contributed by atoms with Gasteiger partial charge in [-0.05, 0) is 6.42 Å². The van der Waals surface area contributed by atoms with Crippen molar-refractivity contribution in [2.24, 2.45) is 0 Å². The van der Waals surface area contributed by atoms with Crippen molar-refractivity contribution >= 4 is 12.2 Å². The lowest BCUT2D eigenvalue weighted by Gasteiger charge is -2.07. The predicted molar refractivity (Wildman–Crippen MR) is 57.3 cm³/mol. The van der Waals surface area contributed by atoms with E-state index in [1.165, 1.54) is 14.2 Å². The van der Waals surface area contributed by atoms with E-state index in [0.29, 0.717) is 19.5 Å². The number of hydrogen-bond acceptors (Lipinski definition) is 6. The third-order valence-electron chi connectivity index (χ3n) is 1.51. The molecule has 0 aromatic carbocycles. The van der Waals surface area contributed by atoms with E-state index in [1.807, 2.05) is 0 Å². The number of carbonyl (C=O) groups is 2. The second-order valence-electron chi connectivity index (χ2n) is 2.88. The van der Waals surface area contributed by atoms with Crippen molar-refractivity contribution in [1.29, 1.82) is 0 Å². The number of amides is 2. The molecule has 0 aliphatic carbocycles. The zero-order valence-corrected chi connectivity index (χ0v) is 9.99. The van der Waals surface area contributed by atoms with Crippen molar-refractivity contribution in [3.05, 3.63) is 0 Å². The molecule has 2 N–H and O–H groups in total. The summed E-state index contributed by atoms with van der Waals surface area (Å²) in [4.78, 5) is 21.8. The fraction of sp³-hybridized carbons (Fsp3) is 0.778. The van der Waals surface area contributed by atoms with Gasteiger partial charge in [0.2, 0.25) is 0 Å². The van der Waals surface area contributed by atoms with E-state index in [2.05, 4.69) is 29.6 Å². The third kappa shape index (κ3) is 10.7. The van der Waals surface area contributed by atoms with Crippen LogP contribution in [0, 0.1) is 0 Å². The molecule has 0 unspecified atom stereocenters. The number of methoxy groups -OCH3 is 2. The van der Waals surface area contributed by atoms with Gasteiger partial charge in [-0.3, -0.25) is 0 Å². The molecule has 0 atom stereocenters. The molecule has 2 amide bonds. The van der Waals surface area contributed by atoms with Gasteiger partial charge in [-0.1, -0.05) is 0 Å². The summed E-state index contributed by atoms with van der Waals surface area (Å²) >= 11 is 0. The van der Waals surface area contributed by atoms with Gasteiger partial charge >= 0.3 is 12.2 Å². The highest BCUT2D eigenvalue weighted by Crippen LogP contribution is 1.82. The van der Waals surface area contributed by atoms with Crippen LogP contribution in [0.2, 0.25) is 0 Å². The molecule has 0 fully saturated rings. The van der Waals surface area contributed by atoms with E-state index in [0.717, 1.165) is 0 Å². The van der Waals surface area contributed by atoms with Gasteiger partial charge in [-0.2, -0.15) is 0 Å². The van der Waals surface area contributed by atoms with E-state index in [-0.39, 0.29) is 13.6 Å². The van der Waals surface area contributed by atoms with Gasteiger partial charge in [0, 0.05) is 27.3 Å². The first-order valence-electron chi connectivity index (χ1n) is 4.99. The lowest BCUT2D eigenvalue weighted by molar-refractivity contribution is 0.0118. The first kappa shape index (κ1) is 15.5. The molecule has 0 saturated carbocycles. The third-order valence-corrected chi connectivity index (χ3v) is 1.51. The van der Waals surface area contributed by atoms with Gasteiger partial charge in [0.15, 0.2) is 13.6 Å². The Kier molecular flexibility index (Phi) is 9.97. The van der Waals surface area contributed by atoms with Crippen molar-refractivity contribution in [2.75, 3.05) is 40.9 Å². The molecule has 0 aromatic rings. The molecule has 8 nitrogen and oxygen atoms in total. The van der Waals surface area contributed by atoms with Crippen molar-refractivity contribution in [3.63, 3.8) is 0 Å². The number of rotatable bonds is 8. The Labute approximate surface area is 99.5 Å². The Morgan fingerprint density at radius 1 is 0.882 bits per heavy atom. The number of alkyl carbamates (subject to hydrolysis) is 2. The molecule has 0 aromatic heterocycles. The Balaban J connectivity index is 3.28. The van der Waals surface area contributed by atoms with Crippen LogP contribution in [0.25, 0.3) is 0 Å². The second-order valence-corrected chi connectivity index (χ2v) is 2.88. The quantitative estimate of drug-likeness (QED) is 0.466. The normalized spacial score (nSPS) is 9.53. The monoisotopic (exact) mass is 250 g/mol. The van der Waals surface area contributed by atoms with E-state index in [4.69, 9.17) is 0 Å². The highest BCUT2D eigenvalue weighted by Gasteiger charge is 2.01. The average molecular weight is 250 g/mol. The standard InChI is InChI=1S/C9H18N2O6/c1-14-6-16-8(12)10-4-3-5-11-9(13)17-7-15-2/h3-7H2,1-2H3,(H,10,12)(H,11,13). The summed E-state index contributed by atoms with van der Waals surface area (Å²) in [6.45, 7) is 0.584. The first-order valence-corrected chi connectivity index (χ1v) is 4.99. The minimum atomic E-state index is -0.561. The summed E-state index contributed by atoms with van der Waals surface area (Å²) in [6.07, 6.45) is -0.563. The zero-order valence-electron chi connectivity index (χ0n) is 9.99. The second kappa shape index (κ2) is 11.0. The van der Waals surface area contributed by atoms with E-state index < -0.39 is 12.2 Å². The van der Waals surface area contributed by atoms with Gasteiger partial charge in [0.05, 0.1) is 0 Å². The molecule has 0 bridgehead atoms. The van der Waals surface area contributed by atoms with Gasteiger partial charge in [-0.15, -0.1) is 0 Å². The van der Waals surface area contributed by atoms with Crippen LogP contribution in [0.5, 0.6) is 0 Å². The highest BCUT2D eigenvalue weighted by molar-refractivity contribution is 5.67. The van der Waals surface area contributed by atoms with Crippen molar-refractivity contribution in [3.8, 4) is 0 Å². The molecular formula is C9H18N2O6. The average Bonchev–Trinajstić information content (AvgIpc) is 2.33. The van der Waals surface area contributed by atoms with Crippen LogP contribution in [0.1, 0.15) is 6.42 Å². The summed E-state index contributed by atoms with van der Waals surface area (Å²) in [6, 6.07) is 0. The maximum atomic E-state index is 10.9. The van der Waals surface area contributed by atoms with Gasteiger partial charge in [-0.25, -0.2) is 9.59 Å². The Morgan fingerprint density at radius 2 is 1.29 bits per heavy atom. The van der Waals surface area contributed by atoms with Crippen LogP contribution >= 0.6 is 0 Å². The largest absolute Gasteiger partial charge is 0.422 e. The number of hydrogen-bond donors (Lipinski definition) is 2. The molecule has 0 spiro atoms. The van der Waals surface area contributed by atoms with Crippen molar-refractivity contribution in [2.45, 2.75) is 6.42 Å². The maximum Gasteiger partial charge on any atom is 0.409 e. The first-order chi connectivity index (χ1) is 8.20. The minimum Gasteiger partial charge on any atom is -0.422 e. The zero-order chi connectivity index (χ0) is 12.9. The number of carbonyl (C=O) groups excluding carboxylic acids is 2. The molecule has 100 valence electrons. The Morgan fingerprint density at radius 3 is 1.65 bits per heavy atom. The summed E-state index contributed by atoms with van der Waals surface area (Å²) in [5, 5.41) is 4.95. The minimum absolute atomic E-state index is 0.0899. The maximum absolute atomic E-state index is 10.9. The fourth-order valence-electron chi connectivity index (χ4n) is 0.796. The van der Waals surface area contributed by atoms with Crippen LogP contribution in [-0.2, 0) is 18.9 Å². The SMILES string of the molecule is COCOC(=O)NCCCNC(=O)OCOC. The van der Waals surface area contributed by atoms with Crippen molar-refractivity contribution in [1.82, 2.24) is 10.6 Å². The Bertz CT molecular complexity index is 202. The van der Waals surface area contributed by atoms with E-state index in [9.17, 15) is 9.59 Å². The van der Waals surface area contributed by atoms with Crippen LogP contribution in [0.4, 0.5) is 9.59 Å². The lowest BCUT2D eigenvalue weighted by atomic mass is 10.4. The lowest BCUT2D eigenvalue weighted by Crippen LogP contribution is -2.31. The molecule has 0 radical (unpaired) electrons. The molecular weight excluding hydrogens is 232 g/mol. The molecule has 8 heteroatoms. The summed E-state index contributed by atoms with van der Waals surface area (Å²) in [5.74, 6) is 0. The van der Waals surface area contributed by atoms with Gasteiger partial charge < -0.3 is 29.6 Å². The molecule has 0 heterocycles. The molecule has 17 heavy (non-hydrogen) atoms. The van der Waals surface area contributed by atoms with Crippen LogP contribution in [0.15, 0.2) is 0 Å². The fourth-order valence-corrected chi connectivity index (χ4v) is 0.796. The van der Waals surface area contributed by atoms with E-state index >= 15 is 0 Å². The smallest absolute Gasteiger partial charge is 0.409 e. The van der Waals surface area contributed by atoms with Crippen LogP contribution < -0.4 is 10.6 Å². The Hall–Kier alpha value is -1.54. The van der Waals surface area contributed by atoms with Crippen LogP contribution in [0.3, 0.4) is 0 Å². The molecule has 0 aliphatic heterocycles. The molecule has 0 aliphatic rings. The van der Waals surface area contributed by atoms with E-state index in [1.54, 1.807) is 0 Å².